The molecule has 6 unspecified atom stereocenters. The Morgan fingerprint density at radius 3 is 2.72 bits per heavy atom. The van der Waals surface area contributed by atoms with E-state index >= 15 is 0 Å². The molecule has 6 heteroatoms. The highest BCUT2D eigenvalue weighted by atomic mass is 16.5. The van der Waals surface area contributed by atoms with Crippen molar-refractivity contribution in [3.8, 4) is 5.88 Å². The molecule has 2 aromatic heterocycles. The summed E-state index contributed by atoms with van der Waals surface area (Å²) in [5.74, 6) is 1.63. The summed E-state index contributed by atoms with van der Waals surface area (Å²) in [7, 11) is 1.57. The molecule has 0 aromatic carbocycles. The van der Waals surface area contributed by atoms with Gasteiger partial charge in [-0.05, 0) is 42.0 Å². The van der Waals surface area contributed by atoms with Gasteiger partial charge in [0.25, 0.3) is 0 Å². The molecular formula is C19H19N3O3. The Bertz CT molecular complexity index is 795. The first-order valence-corrected chi connectivity index (χ1v) is 8.62. The normalized spacial score (nSPS) is 34.4. The van der Waals surface area contributed by atoms with Gasteiger partial charge in [-0.15, -0.1) is 0 Å². The van der Waals surface area contributed by atoms with Gasteiger partial charge in [0.05, 0.1) is 37.1 Å². The van der Waals surface area contributed by atoms with Crippen LogP contribution in [0.3, 0.4) is 0 Å². The molecule has 2 aromatic rings. The van der Waals surface area contributed by atoms with Gasteiger partial charge in [-0.25, -0.2) is 4.98 Å². The Labute approximate surface area is 145 Å². The average molecular weight is 337 g/mol. The minimum absolute atomic E-state index is 0.00614. The largest absolute Gasteiger partial charge is 0.481 e. The third-order valence-corrected chi connectivity index (χ3v) is 5.75. The van der Waals surface area contributed by atoms with Crippen LogP contribution >= 0.6 is 0 Å². The van der Waals surface area contributed by atoms with Gasteiger partial charge in [-0.1, -0.05) is 0 Å². The van der Waals surface area contributed by atoms with Crippen LogP contribution in [0.4, 0.5) is 5.69 Å². The summed E-state index contributed by atoms with van der Waals surface area (Å²) in [6.45, 7) is 0. The van der Waals surface area contributed by atoms with Crippen LogP contribution in [-0.4, -0.2) is 35.2 Å². The molecule has 2 saturated heterocycles. The number of nitrogens with zero attached hydrogens (tertiary/aromatic N) is 2. The number of carbonyl (C=O) groups excluding carboxylic acids is 1. The Morgan fingerprint density at radius 2 is 2.00 bits per heavy atom. The van der Waals surface area contributed by atoms with E-state index in [-0.39, 0.29) is 30.0 Å². The first-order chi connectivity index (χ1) is 12.3. The fourth-order valence-corrected chi connectivity index (χ4v) is 4.58. The lowest BCUT2D eigenvalue weighted by Gasteiger charge is -2.27. The number of methoxy groups -OCH3 is 1. The fraction of sp³-hybridized carbons (Fsp3) is 0.421. The van der Waals surface area contributed by atoms with Crippen molar-refractivity contribution in [2.24, 2.45) is 17.8 Å². The molecule has 2 bridgehead atoms. The lowest BCUT2D eigenvalue weighted by molar-refractivity contribution is -0.122. The van der Waals surface area contributed by atoms with E-state index < -0.39 is 0 Å². The van der Waals surface area contributed by atoms with E-state index in [9.17, 15) is 4.79 Å². The monoisotopic (exact) mass is 337 g/mol. The molecule has 4 heterocycles. The number of aromatic nitrogens is 2. The topological polar surface area (TPSA) is 73.3 Å². The van der Waals surface area contributed by atoms with Crippen LogP contribution in [0.5, 0.6) is 5.88 Å². The summed E-state index contributed by atoms with van der Waals surface area (Å²) in [5, 5.41) is 3.01. The minimum atomic E-state index is -0.168. The molecule has 0 radical (unpaired) electrons. The molecule has 3 aliphatic rings. The van der Waals surface area contributed by atoms with Crippen molar-refractivity contribution in [1.82, 2.24) is 9.97 Å². The van der Waals surface area contributed by atoms with Crippen LogP contribution in [0.15, 0.2) is 42.9 Å². The molecule has 25 heavy (non-hydrogen) atoms. The second kappa shape index (κ2) is 5.52. The number of fused-ring (bicyclic) bond motifs is 5. The van der Waals surface area contributed by atoms with Gasteiger partial charge in [0, 0.05) is 24.4 Å². The lowest BCUT2D eigenvalue weighted by atomic mass is 9.75. The lowest BCUT2D eigenvalue weighted by Crippen LogP contribution is -2.37. The molecule has 1 saturated carbocycles. The zero-order chi connectivity index (χ0) is 17.0. The number of ether oxygens (including phenoxy) is 2. The van der Waals surface area contributed by atoms with Crippen LogP contribution < -0.4 is 10.1 Å². The second-order valence-electron chi connectivity index (χ2n) is 7.04. The van der Waals surface area contributed by atoms with Crippen LogP contribution in [0.25, 0.3) is 0 Å². The number of amides is 1. The van der Waals surface area contributed by atoms with Crippen molar-refractivity contribution in [1.29, 1.82) is 0 Å². The third-order valence-electron chi connectivity index (χ3n) is 5.75. The first kappa shape index (κ1) is 14.8. The zero-order valence-electron chi connectivity index (χ0n) is 13.8. The highest BCUT2D eigenvalue weighted by Gasteiger charge is 2.68. The van der Waals surface area contributed by atoms with E-state index in [2.05, 4.69) is 15.3 Å². The standard InChI is InChI=1S/C19H19N3O3/c1-24-14-3-2-11(9-21-14)22-19(23)16-15(10-4-6-20-7-5-10)17-12-8-13(12)18(16)25-17/h2-7,9,12-13,15-18H,8H2,1H3,(H,22,23). The number of anilines is 1. The predicted molar refractivity (Wildman–Crippen MR) is 90.1 cm³/mol. The van der Waals surface area contributed by atoms with Gasteiger partial charge in [0.1, 0.15) is 0 Å². The summed E-state index contributed by atoms with van der Waals surface area (Å²) in [6.07, 6.45) is 6.56. The number of nitrogens with one attached hydrogen (secondary N) is 1. The first-order valence-electron chi connectivity index (χ1n) is 8.62. The maximum absolute atomic E-state index is 13.0. The van der Waals surface area contributed by atoms with Crippen LogP contribution in [-0.2, 0) is 9.53 Å². The molecule has 6 nitrogen and oxygen atoms in total. The van der Waals surface area contributed by atoms with Crippen molar-refractivity contribution >= 4 is 11.6 Å². The van der Waals surface area contributed by atoms with E-state index in [0.717, 1.165) is 5.56 Å². The van der Waals surface area contributed by atoms with Gasteiger partial charge in [0.2, 0.25) is 11.8 Å². The van der Waals surface area contributed by atoms with E-state index in [0.29, 0.717) is 23.4 Å². The van der Waals surface area contributed by atoms with Crippen molar-refractivity contribution < 1.29 is 14.3 Å². The second-order valence-corrected chi connectivity index (χ2v) is 7.04. The van der Waals surface area contributed by atoms with Crippen molar-refractivity contribution in [2.75, 3.05) is 12.4 Å². The SMILES string of the molecule is COc1ccc(NC(=O)C2C3OC(C4CC43)C2c2ccncc2)cn1. The Hall–Kier alpha value is -2.47. The quantitative estimate of drug-likeness (QED) is 0.926. The van der Waals surface area contributed by atoms with Gasteiger partial charge >= 0.3 is 0 Å². The number of rotatable bonds is 4. The van der Waals surface area contributed by atoms with E-state index in [1.807, 2.05) is 12.1 Å². The molecule has 1 aliphatic carbocycles. The van der Waals surface area contributed by atoms with E-state index in [1.165, 1.54) is 6.42 Å². The molecule has 0 spiro atoms. The summed E-state index contributed by atoms with van der Waals surface area (Å²) in [6, 6.07) is 7.55. The van der Waals surface area contributed by atoms with Crippen molar-refractivity contribution in [3.05, 3.63) is 48.4 Å². The molecule has 1 amide bonds. The van der Waals surface area contributed by atoms with E-state index in [1.54, 1.807) is 37.8 Å². The Kier molecular flexibility index (Phi) is 3.28. The summed E-state index contributed by atoms with van der Waals surface area (Å²) in [5.41, 5.74) is 1.82. The molecule has 2 aliphatic heterocycles. The minimum Gasteiger partial charge on any atom is -0.481 e. The van der Waals surface area contributed by atoms with Crippen LogP contribution in [0.1, 0.15) is 17.9 Å². The summed E-state index contributed by atoms with van der Waals surface area (Å²) < 4.78 is 11.3. The van der Waals surface area contributed by atoms with Crippen molar-refractivity contribution in [2.45, 2.75) is 24.5 Å². The van der Waals surface area contributed by atoms with E-state index in [4.69, 9.17) is 9.47 Å². The van der Waals surface area contributed by atoms with Gasteiger partial charge in [0.15, 0.2) is 0 Å². The van der Waals surface area contributed by atoms with Crippen molar-refractivity contribution in [3.63, 3.8) is 0 Å². The number of carbonyl (C=O) groups is 1. The number of hydrogen-bond acceptors (Lipinski definition) is 5. The highest BCUT2D eigenvalue weighted by Crippen LogP contribution is 2.65. The molecule has 128 valence electrons. The molecule has 1 N–H and O–H groups in total. The van der Waals surface area contributed by atoms with Gasteiger partial charge in [-0.2, -0.15) is 0 Å². The molecule has 6 atom stereocenters. The fourth-order valence-electron chi connectivity index (χ4n) is 4.58. The zero-order valence-corrected chi connectivity index (χ0v) is 13.8. The van der Waals surface area contributed by atoms with Crippen LogP contribution in [0, 0.1) is 17.8 Å². The average Bonchev–Trinajstić information content (AvgIpc) is 3.27. The maximum Gasteiger partial charge on any atom is 0.230 e. The Balaban J connectivity index is 1.41. The Morgan fingerprint density at radius 1 is 1.20 bits per heavy atom. The smallest absolute Gasteiger partial charge is 0.230 e. The third kappa shape index (κ3) is 2.32. The molecule has 5 rings (SSSR count). The van der Waals surface area contributed by atoms with Crippen LogP contribution in [0.2, 0.25) is 0 Å². The predicted octanol–water partition coefficient (Wildman–Crippen LogP) is 2.24. The van der Waals surface area contributed by atoms with Gasteiger partial charge < -0.3 is 14.8 Å². The van der Waals surface area contributed by atoms with Gasteiger partial charge in [-0.3, -0.25) is 9.78 Å². The highest BCUT2D eigenvalue weighted by molar-refractivity contribution is 5.94. The summed E-state index contributed by atoms with van der Waals surface area (Å²) in [4.78, 5) is 21.3. The molecular weight excluding hydrogens is 318 g/mol. The molecule has 3 fully saturated rings. The maximum atomic E-state index is 13.0. The number of pyridine rings is 2. The summed E-state index contributed by atoms with van der Waals surface area (Å²) >= 11 is 0. The number of hydrogen-bond donors (Lipinski definition) is 1.